The number of carbonyl (C=O) groups is 2. The molecule has 190 valence electrons. The highest BCUT2D eigenvalue weighted by molar-refractivity contribution is 8.01. The summed E-state index contributed by atoms with van der Waals surface area (Å²) in [6.45, 7) is 3.12. The topological polar surface area (TPSA) is 121 Å². The molecule has 3 aromatic rings. The normalized spacial score (nSPS) is 14.4. The first-order chi connectivity index (χ1) is 17.3. The number of rotatable bonds is 9. The van der Waals surface area contributed by atoms with Crippen molar-refractivity contribution in [2.45, 2.75) is 41.8 Å². The Morgan fingerprint density at radius 2 is 1.67 bits per heavy atom. The molecule has 2 heterocycles. The van der Waals surface area contributed by atoms with E-state index >= 15 is 0 Å². The maximum absolute atomic E-state index is 12.8. The van der Waals surface area contributed by atoms with Crippen LogP contribution in [-0.4, -0.2) is 53.6 Å². The first-order valence-electron chi connectivity index (χ1n) is 11.6. The van der Waals surface area contributed by atoms with Gasteiger partial charge in [-0.3, -0.25) is 14.9 Å². The summed E-state index contributed by atoms with van der Waals surface area (Å²) in [5.41, 5.74) is 2.24. The minimum Gasteiger partial charge on any atom is -0.325 e. The Morgan fingerprint density at radius 3 is 2.33 bits per heavy atom. The van der Waals surface area contributed by atoms with Crippen LogP contribution in [0.25, 0.3) is 0 Å². The molecule has 0 bridgehead atoms. The first kappa shape index (κ1) is 26.3. The van der Waals surface area contributed by atoms with Crippen molar-refractivity contribution in [3.05, 3.63) is 59.7 Å². The Morgan fingerprint density at radius 1 is 0.972 bits per heavy atom. The maximum Gasteiger partial charge on any atom is 0.257 e. The molecule has 0 unspecified atom stereocenters. The summed E-state index contributed by atoms with van der Waals surface area (Å²) in [6, 6.07) is 13.6. The van der Waals surface area contributed by atoms with Crippen LogP contribution in [0.4, 0.5) is 10.8 Å². The van der Waals surface area contributed by atoms with Crippen molar-refractivity contribution in [1.29, 1.82) is 0 Å². The first-order valence-corrected chi connectivity index (χ1v) is 14.9. The monoisotopic (exact) mass is 545 g/mol. The third-order valence-electron chi connectivity index (χ3n) is 5.67. The number of hydrogen-bond acceptors (Lipinski definition) is 8. The lowest BCUT2D eigenvalue weighted by atomic mass is 10.1. The number of anilines is 2. The van der Waals surface area contributed by atoms with E-state index in [1.807, 2.05) is 24.3 Å². The van der Waals surface area contributed by atoms with E-state index in [1.165, 1.54) is 45.9 Å². The molecule has 2 N–H and O–H groups in total. The summed E-state index contributed by atoms with van der Waals surface area (Å²) in [5.74, 6) is -0.423. The van der Waals surface area contributed by atoms with Gasteiger partial charge in [0.1, 0.15) is 0 Å². The zero-order valence-electron chi connectivity index (χ0n) is 19.8. The standard InChI is InChI=1S/C24H27N5O4S3/c1-2-17-6-10-19(11-7-17)25-21(30)16-34-24-28-27-23(35-24)26-22(31)18-8-12-20(13-9-18)36(32,33)29-14-4-3-5-15-29/h6-13H,2-5,14-16H2,1H3,(H,25,30)(H,26,27,31). The Bertz CT molecular complexity index is 1300. The van der Waals surface area contributed by atoms with Gasteiger partial charge in [-0.2, -0.15) is 4.31 Å². The molecule has 0 atom stereocenters. The molecule has 0 aliphatic carbocycles. The van der Waals surface area contributed by atoms with E-state index < -0.39 is 15.9 Å². The van der Waals surface area contributed by atoms with Gasteiger partial charge in [-0.05, 0) is 61.2 Å². The summed E-state index contributed by atoms with van der Waals surface area (Å²) < 4.78 is 27.6. The van der Waals surface area contributed by atoms with E-state index in [0.29, 0.717) is 28.1 Å². The van der Waals surface area contributed by atoms with Gasteiger partial charge in [-0.15, -0.1) is 10.2 Å². The number of amides is 2. The molecule has 0 spiro atoms. The molecular formula is C24H27N5O4S3. The van der Waals surface area contributed by atoms with Crippen LogP contribution in [0, 0.1) is 0 Å². The van der Waals surface area contributed by atoms with E-state index in [-0.39, 0.29) is 16.6 Å². The van der Waals surface area contributed by atoms with Crippen LogP contribution in [0.2, 0.25) is 0 Å². The van der Waals surface area contributed by atoms with E-state index in [4.69, 9.17) is 0 Å². The highest BCUT2D eigenvalue weighted by Crippen LogP contribution is 2.26. The van der Waals surface area contributed by atoms with Crippen LogP contribution in [0.5, 0.6) is 0 Å². The molecule has 0 saturated carbocycles. The molecular weight excluding hydrogens is 518 g/mol. The third-order valence-corrected chi connectivity index (χ3v) is 9.55. The minimum absolute atomic E-state index is 0.158. The Balaban J connectivity index is 1.28. The average Bonchev–Trinajstić information content (AvgIpc) is 3.35. The third kappa shape index (κ3) is 6.69. The highest BCUT2D eigenvalue weighted by atomic mass is 32.2. The van der Waals surface area contributed by atoms with Gasteiger partial charge in [-0.25, -0.2) is 8.42 Å². The van der Waals surface area contributed by atoms with Crippen molar-refractivity contribution in [3.63, 3.8) is 0 Å². The Hall–Kier alpha value is -2.80. The molecule has 0 radical (unpaired) electrons. The quantitative estimate of drug-likeness (QED) is 0.304. The van der Waals surface area contributed by atoms with Crippen molar-refractivity contribution in [3.8, 4) is 0 Å². The maximum atomic E-state index is 12.8. The number of sulfonamides is 1. The van der Waals surface area contributed by atoms with E-state index in [0.717, 1.165) is 42.7 Å². The van der Waals surface area contributed by atoms with Gasteiger partial charge in [0, 0.05) is 24.3 Å². The second-order valence-electron chi connectivity index (χ2n) is 8.20. The number of nitrogens with one attached hydrogen (secondary N) is 2. The number of nitrogens with zero attached hydrogens (tertiary/aromatic N) is 3. The predicted octanol–water partition coefficient (Wildman–Crippen LogP) is 4.26. The van der Waals surface area contributed by atoms with E-state index in [1.54, 1.807) is 0 Å². The number of benzene rings is 2. The summed E-state index contributed by atoms with van der Waals surface area (Å²) in [6.07, 6.45) is 3.70. The lowest BCUT2D eigenvalue weighted by Crippen LogP contribution is -2.35. The van der Waals surface area contributed by atoms with Crippen LogP contribution in [-0.2, 0) is 21.2 Å². The average molecular weight is 546 g/mol. The van der Waals surface area contributed by atoms with Gasteiger partial charge in [0.25, 0.3) is 5.91 Å². The SMILES string of the molecule is CCc1ccc(NC(=O)CSc2nnc(NC(=O)c3ccc(S(=O)(=O)N4CCCCC4)cc3)s2)cc1. The fourth-order valence-electron chi connectivity index (χ4n) is 3.67. The van der Waals surface area contributed by atoms with E-state index in [2.05, 4.69) is 27.8 Å². The lowest BCUT2D eigenvalue weighted by molar-refractivity contribution is -0.113. The van der Waals surface area contributed by atoms with Gasteiger partial charge in [0.05, 0.1) is 10.6 Å². The Labute approximate surface area is 218 Å². The molecule has 12 heteroatoms. The van der Waals surface area contributed by atoms with Gasteiger partial charge >= 0.3 is 0 Å². The fourth-order valence-corrected chi connectivity index (χ4v) is 6.73. The van der Waals surface area contributed by atoms with Crippen LogP contribution >= 0.6 is 23.1 Å². The van der Waals surface area contributed by atoms with Gasteiger partial charge in [0.15, 0.2) is 4.34 Å². The Kier molecular flexibility index (Phi) is 8.72. The molecule has 9 nitrogen and oxygen atoms in total. The number of piperidine rings is 1. The largest absolute Gasteiger partial charge is 0.325 e. The number of aromatic nitrogens is 2. The smallest absolute Gasteiger partial charge is 0.257 e. The zero-order valence-corrected chi connectivity index (χ0v) is 22.2. The van der Waals surface area contributed by atoms with Gasteiger partial charge in [0.2, 0.25) is 21.1 Å². The molecule has 1 aliphatic rings. The number of aryl methyl sites for hydroxylation is 1. The second kappa shape index (κ2) is 12.0. The molecule has 1 saturated heterocycles. The second-order valence-corrected chi connectivity index (χ2v) is 12.3. The van der Waals surface area contributed by atoms with E-state index in [9.17, 15) is 18.0 Å². The summed E-state index contributed by atoms with van der Waals surface area (Å²) in [4.78, 5) is 25.0. The van der Waals surface area contributed by atoms with Crippen LogP contribution < -0.4 is 10.6 Å². The van der Waals surface area contributed by atoms with Crippen molar-refractivity contribution >= 4 is 55.8 Å². The van der Waals surface area contributed by atoms with Crippen molar-refractivity contribution in [2.24, 2.45) is 0 Å². The fraction of sp³-hybridized carbons (Fsp3) is 0.333. The van der Waals surface area contributed by atoms with Gasteiger partial charge in [-0.1, -0.05) is 48.6 Å². The molecule has 36 heavy (non-hydrogen) atoms. The molecule has 1 aliphatic heterocycles. The molecule has 2 amide bonds. The van der Waals surface area contributed by atoms with Crippen LogP contribution in [0.1, 0.15) is 42.1 Å². The summed E-state index contributed by atoms with van der Waals surface area (Å²) >= 11 is 2.39. The zero-order chi connectivity index (χ0) is 25.5. The van der Waals surface area contributed by atoms with Crippen LogP contribution in [0.15, 0.2) is 57.8 Å². The lowest BCUT2D eigenvalue weighted by Gasteiger charge is -2.25. The summed E-state index contributed by atoms with van der Waals surface area (Å²) in [5, 5.41) is 13.8. The highest BCUT2D eigenvalue weighted by Gasteiger charge is 2.26. The van der Waals surface area contributed by atoms with Gasteiger partial charge < -0.3 is 5.32 Å². The number of carbonyl (C=O) groups excluding carboxylic acids is 2. The minimum atomic E-state index is -3.55. The summed E-state index contributed by atoms with van der Waals surface area (Å²) in [7, 11) is -3.55. The molecule has 1 fully saturated rings. The number of hydrogen-bond donors (Lipinski definition) is 2. The molecule has 1 aromatic heterocycles. The molecule has 4 rings (SSSR count). The number of thioether (sulfide) groups is 1. The van der Waals surface area contributed by atoms with Crippen LogP contribution in [0.3, 0.4) is 0 Å². The molecule has 2 aromatic carbocycles. The van der Waals surface area contributed by atoms with Crippen molar-refractivity contribution < 1.29 is 18.0 Å². The van der Waals surface area contributed by atoms with Crippen molar-refractivity contribution in [2.75, 3.05) is 29.5 Å². The predicted molar refractivity (Wildman–Crippen MR) is 142 cm³/mol. The van der Waals surface area contributed by atoms with Crippen molar-refractivity contribution in [1.82, 2.24) is 14.5 Å².